The summed E-state index contributed by atoms with van der Waals surface area (Å²) in [5.74, 6) is 0.0760. The van der Waals surface area contributed by atoms with Gasteiger partial charge in [-0.15, -0.1) is 0 Å². The van der Waals surface area contributed by atoms with Crippen LogP contribution in [0.5, 0.6) is 5.75 Å². The van der Waals surface area contributed by atoms with E-state index in [0.29, 0.717) is 47.2 Å². The first-order valence-corrected chi connectivity index (χ1v) is 10.4. The van der Waals surface area contributed by atoms with Crippen molar-refractivity contribution in [2.45, 2.75) is 20.0 Å². The quantitative estimate of drug-likeness (QED) is 0.382. The van der Waals surface area contributed by atoms with Gasteiger partial charge in [0.1, 0.15) is 11.5 Å². The van der Waals surface area contributed by atoms with Crippen LogP contribution in [0.4, 0.5) is 10.2 Å². The van der Waals surface area contributed by atoms with Crippen LogP contribution in [0.3, 0.4) is 0 Å². The number of fused-ring (bicyclic) bond motifs is 1. The molecule has 0 radical (unpaired) electrons. The molecule has 0 fully saturated rings. The zero-order valence-corrected chi connectivity index (χ0v) is 18.6. The van der Waals surface area contributed by atoms with E-state index in [1.165, 1.54) is 6.07 Å². The first-order chi connectivity index (χ1) is 15.9. The maximum atomic E-state index is 14.4. The van der Waals surface area contributed by atoms with Crippen molar-refractivity contribution < 1.29 is 13.9 Å². The molecule has 2 aromatic carbocycles. The third-order valence-corrected chi connectivity index (χ3v) is 5.31. The predicted octanol–water partition coefficient (Wildman–Crippen LogP) is 3.31. The van der Waals surface area contributed by atoms with Crippen LogP contribution in [0.2, 0.25) is 0 Å². The van der Waals surface area contributed by atoms with Crippen LogP contribution in [-0.2, 0) is 13.1 Å². The molecular formula is C24H25FN6O2. The Morgan fingerprint density at radius 3 is 2.58 bits per heavy atom. The standard InChI is InChI=1S/C24H25FN6O2/c1-14-9-17-18(22(26)32)10-16(25)11-20(17)31(14)24-29-19(13-27-2)21(33-3)23(30-24)28-12-15-7-5-4-6-8-15/h4-11,27H,12-13H2,1-3H3,(H2,26,32)(H,28,29,30). The Balaban J connectivity index is 1.89. The summed E-state index contributed by atoms with van der Waals surface area (Å²) in [6, 6.07) is 14.2. The lowest BCUT2D eigenvalue weighted by molar-refractivity contribution is 0.100. The number of aryl methyl sites for hydroxylation is 1. The fraction of sp³-hybridized carbons (Fsp3) is 0.208. The Bertz CT molecular complexity index is 1320. The second kappa shape index (κ2) is 9.25. The van der Waals surface area contributed by atoms with Crippen LogP contribution in [0.25, 0.3) is 16.9 Å². The molecular weight excluding hydrogens is 423 g/mol. The SMILES string of the molecule is CNCc1nc(-n2c(C)cc3c(C(N)=O)cc(F)cc32)nc(NCc2ccccc2)c1OC. The van der Waals surface area contributed by atoms with Crippen LogP contribution >= 0.6 is 0 Å². The molecule has 2 heterocycles. The number of primary amides is 1. The van der Waals surface area contributed by atoms with Crippen LogP contribution in [0.15, 0.2) is 48.5 Å². The highest BCUT2D eigenvalue weighted by atomic mass is 19.1. The second-order valence-electron chi connectivity index (χ2n) is 7.59. The summed E-state index contributed by atoms with van der Waals surface area (Å²) >= 11 is 0. The minimum absolute atomic E-state index is 0.109. The van der Waals surface area contributed by atoms with E-state index < -0.39 is 11.7 Å². The molecule has 0 bridgehead atoms. The van der Waals surface area contributed by atoms with Crippen molar-refractivity contribution in [2.75, 3.05) is 19.5 Å². The monoisotopic (exact) mass is 448 g/mol. The Morgan fingerprint density at radius 1 is 1.15 bits per heavy atom. The largest absolute Gasteiger partial charge is 0.491 e. The number of nitrogens with one attached hydrogen (secondary N) is 2. The van der Waals surface area contributed by atoms with Gasteiger partial charge in [-0.2, -0.15) is 4.98 Å². The number of carbonyl (C=O) groups is 1. The molecule has 4 rings (SSSR count). The molecule has 9 heteroatoms. The number of rotatable bonds is 8. The second-order valence-corrected chi connectivity index (χ2v) is 7.59. The molecule has 8 nitrogen and oxygen atoms in total. The molecule has 170 valence electrons. The number of carbonyl (C=O) groups excluding carboxylic acids is 1. The van der Waals surface area contributed by atoms with Crippen molar-refractivity contribution >= 4 is 22.6 Å². The van der Waals surface area contributed by atoms with Gasteiger partial charge in [0.2, 0.25) is 11.9 Å². The van der Waals surface area contributed by atoms with Crippen molar-refractivity contribution in [1.82, 2.24) is 19.9 Å². The van der Waals surface area contributed by atoms with E-state index in [2.05, 4.69) is 10.6 Å². The first kappa shape index (κ1) is 22.2. The molecule has 0 aliphatic carbocycles. The third kappa shape index (κ3) is 4.35. The average molecular weight is 449 g/mol. The summed E-state index contributed by atoms with van der Waals surface area (Å²) in [6.45, 7) is 2.79. The van der Waals surface area contributed by atoms with Gasteiger partial charge in [0.05, 0.1) is 18.2 Å². The van der Waals surface area contributed by atoms with E-state index >= 15 is 0 Å². The zero-order valence-electron chi connectivity index (χ0n) is 18.6. The number of nitrogens with zero attached hydrogens (tertiary/aromatic N) is 3. The van der Waals surface area contributed by atoms with Gasteiger partial charge in [-0.1, -0.05) is 30.3 Å². The molecule has 33 heavy (non-hydrogen) atoms. The lowest BCUT2D eigenvalue weighted by Crippen LogP contribution is -2.15. The van der Waals surface area contributed by atoms with Crippen molar-refractivity contribution in [2.24, 2.45) is 5.73 Å². The van der Waals surface area contributed by atoms with Gasteiger partial charge in [-0.3, -0.25) is 9.36 Å². The first-order valence-electron chi connectivity index (χ1n) is 10.4. The fourth-order valence-electron chi connectivity index (χ4n) is 3.86. The van der Waals surface area contributed by atoms with E-state index in [-0.39, 0.29) is 5.56 Å². The van der Waals surface area contributed by atoms with Gasteiger partial charge < -0.3 is 21.1 Å². The maximum absolute atomic E-state index is 14.4. The van der Waals surface area contributed by atoms with Crippen LogP contribution < -0.4 is 21.1 Å². The minimum Gasteiger partial charge on any atom is -0.491 e. The van der Waals surface area contributed by atoms with E-state index in [0.717, 1.165) is 17.3 Å². The predicted molar refractivity (Wildman–Crippen MR) is 125 cm³/mol. The Labute approximate surface area is 190 Å². The fourth-order valence-corrected chi connectivity index (χ4v) is 3.86. The molecule has 4 aromatic rings. The molecule has 4 N–H and O–H groups in total. The number of ether oxygens (including phenoxy) is 1. The number of benzene rings is 2. The summed E-state index contributed by atoms with van der Waals surface area (Å²) in [7, 11) is 3.37. The highest BCUT2D eigenvalue weighted by Gasteiger charge is 2.21. The smallest absolute Gasteiger partial charge is 0.249 e. The lowest BCUT2D eigenvalue weighted by Gasteiger charge is -2.17. The molecule has 0 atom stereocenters. The number of nitrogens with two attached hydrogens (primary N) is 1. The number of aromatic nitrogens is 3. The molecule has 0 unspecified atom stereocenters. The van der Waals surface area contributed by atoms with Gasteiger partial charge in [0.25, 0.3) is 0 Å². The number of hydrogen-bond acceptors (Lipinski definition) is 6. The summed E-state index contributed by atoms with van der Waals surface area (Å²) in [4.78, 5) is 21.3. The highest BCUT2D eigenvalue weighted by molar-refractivity contribution is 6.06. The van der Waals surface area contributed by atoms with Crippen molar-refractivity contribution in [1.29, 1.82) is 0 Å². The minimum atomic E-state index is -0.701. The average Bonchev–Trinajstić information content (AvgIpc) is 3.13. The van der Waals surface area contributed by atoms with Crippen LogP contribution in [0.1, 0.15) is 27.3 Å². The van der Waals surface area contributed by atoms with E-state index in [1.54, 1.807) is 17.7 Å². The van der Waals surface area contributed by atoms with Crippen molar-refractivity contribution in [3.63, 3.8) is 0 Å². The third-order valence-electron chi connectivity index (χ3n) is 5.31. The van der Waals surface area contributed by atoms with Crippen molar-refractivity contribution in [3.05, 3.63) is 76.9 Å². The Morgan fingerprint density at radius 2 is 1.91 bits per heavy atom. The van der Waals surface area contributed by atoms with E-state index in [1.807, 2.05) is 44.3 Å². The molecule has 2 aromatic heterocycles. The molecule has 0 aliphatic rings. The number of amides is 1. The molecule has 1 amide bonds. The zero-order chi connectivity index (χ0) is 23.5. The number of methoxy groups -OCH3 is 1. The van der Waals surface area contributed by atoms with Gasteiger partial charge in [-0.05, 0) is 37.7 Å². The van der Waals surface area contributed by atoms with Crippen molar-refractivity contribution in [3.8, 4) is 11.7 Å². The molecule has 0 saturated heterocycles. The summed E-state index contributed by atoms with van der Waals surface area (Å²) in [6.07, 6.45) is 0. The lowest BCUT2D eigenvalue weighted by atomic mass is 10.1. The van der Waals surface area contributed by atoms with Crippen LogP contribution in [0, 0.1) is 12.7 Å². The summed E-state index contributed by atoms with van der Waals surface area (Å²) in [5.41, 5.74) is 8.49. The van der Waals surface area contributed by atoms with Gasteiger partial charge in [0, 0.05) is 24.2 Å². The topological polar surface area (TPSA) is 107 Å². The Kier molecular flexibility index (Phi) is 6.23. The normalized spacial score (nSPS) is 11.0. The molecule has 0 aliphatic heterocycles. The van der Waals surface area contributed by atoms with Gasteiger partial charge >= 0.3 is 0 Å². The Hall–Kier alpha value is -3.98. The van der Waals surface area contributed by atoms with E-state index in [9.17, 15) is 9.18 Å². The maximum Gasteiger partial charge on any atom is 0.249 e. The van der Waals surface area contributed by atoms with Gasteiger partial charge in [-0.25, -0.2) is 9.37 Å². The molecule has 0 saturated carbocycles. The van der Waals surface area contributed by atoms with E-state index in [4.69, 9.17) is 20.4 Å². The highest BCUT2D eigenvalue weighted by Crippen LogP contribution is 2.31. The summed E-state index contributed by atoms with van der Waals surface area (Å²) < 4.78 is 21.7. The van der Waals surface area contributed by atoms with Gasteiger partial charge in [0.15, 0.2) is 11.6 Å². The number of hydrogen-bond donors (Lipinski definition) is 3. The summed E-state index contributed by atoms with van der Waals surface area (Å²) in [5, 5.41) is 6.95. The van der Waals surface area contributed by atoms with Crippen LogP contribution in [-0.4, -0.2) is 34.6 Å². The number of anilines is 1. The number of halogens is 1. The molecule has 0 spiro atoms.